The van der Waals surface area contributed by atoms with Crippen LogP contribution in [0, 0.1) is 0 Å². The van der Waals surface area contributed by atoms with E-state index in [9.17, 15) is 0 Å². The Morgan fingerprint density at radius 1 is 0.917 bits per heavy atom. The van der Waals surface area contributed by atoms with E-state index in [0.717, 1.165) is 13.0 Å². The summed E-state index contributed by atoms with van der Waals surface area (Å²) in [7, 11) is 2.24. The molecule has 0 bridgehead atoms. The molecule has 2 heteroatoms. The van der Waals surface area contributed by atoms with Crippen molar-refractivity contribution in [2.24, 2.45) is 5.73 Å². The molecular weight excluding hydrogens is 292 g/mol. The van der Waals surface area contributed by atoms with Crippen LogP contribution in [0.1, 0.15) is 31.2 Å². The van der Waals surface area contributed by atoms with Crippen molar-refractivity contribution < 1.29 is 0 Å². The molecule has 1 aliphatic rings. The summed E-state index contributed by atoms with van der Waals surface area (Å²) in [6.07, 6.45) is 4.97. The molecule has 0 amide bonds. The fourth-order valence-corrected chi connectivity index (χ4v) is 4.33. The SMILES string of the molecule is CN(Cc1c2ccccc2cc2ccccc12)[C@H]1CCCC[C@@H]1N. The van der Waals surface area contributed by atoms with Crippen molar-refractivity contribution in [3.05, 3.63) is 60.2 Å². The van der Waals surface area contributed by atoms with Gasteiger partial charge in [-0.05, 0) is 53.1 Å². The molecule has 124 valence electrons. The van der Waals surface area contributed by atoms with Crippen LogP contribution in [0.4, 0.5) is 0 Å². The Morgan fingerprint density at radius 2 is 1.50 bits per heavy atom. The zero-order chi connectivity index (χ0) is 16.5. The molecule has 2 atom stereocenters. The van der Waals surface area contributed by atoms with Crippen molar-refractivity contribution in [1.29, 1.82) is 0 Å². The van der Waals surface area contributed by atoms with Gasteiger partial charge in [0.1, 0.15) is 0 Å². The highest BCUT2D eigenvalue weighted by molar-refractivity contribution is 6.02. The molecule has 2 N–H and O–H groups in total. The molecule has 1 saturated carbocycles. The molecule has 0 aromatic heterocycles. The number of hydrogen-bond donors (Lipinski definition) is 1. The van der Waals surface area contributed by atoms with E-state index in [1.165, 1.54) is 46.4 Å². The molecule has 1 aliphatic carbocycles. The van der Waals surface area contributed by atoms with Crippen LogP contribution < -0.4 is 5.73 Å². The highest BCUT2D eigenvalue weighted by atomic mass is 15.1. The third-order valence-electron chi connectivity index (χ3n) is 5.64. The van der Waals surface area contributed by atoms with Gasteiger partial charge in [-0.2, -0.15) is 0 Å². The third-order valence-corrected chi connectivity index (χ3v) is 5.64. The fourth-order valence-electron chi connectivity index (χ4n) is 4.33. The van der Waals surface area contributed by atoms with Crippen molar-refractivity contribution in [1.82, 2.24) is 4.90 Å². The number of hydrogen-bond acceptors (Lipinski definition) is 2. The predicted octanol–water partition coefficient (Wildman–Crippen LogP) is 4.69. The second-order valence-electron chi connectivity index (χ2n) is 7.23. The van der Waals surface area contributed by atoms with Crippen LogP contribution in [0.15, 0.2) is 54.6 Å². The van der Waals surface area contributed by atoms with Gasteiger partial charge >= 0.3 is 0 Å². The van der Waals surface area contributed by atoms with E-state index in [2.05, 4.69) is 66.5 Å². The first-order chi connectivity index (χ1) is 11.7. The number of benzene rings is 3. The van der Waals surface area contributed by atoms with E-state index in [1.54, 1.807) is 0 Å². The summed E-state index contributed by atoms with van der Waals surface area (Å²) in [5.74, 6) is 0. The van der Waals surface area contributed by atoms with Gasteiger partial charge < -0.3 is 5.73 Å². The summed E-state index contributed by atoms with van der Waals surface area (Å²) >= 11 is 0. The number of rotatable bonds is 3. The van der Waals surface area contributed by atoms with Gasteiger partial charge in [-0.25, -0.2) is 0 Å². The average molecular weight is 318 g/mol. The van der Waals surface area contributed by atoms with E-state index < -0.39 is 0 Å². The van der Waals surface area contributed by atoms with Crippen LogP contribution in [0.2, 0.25) is 0 Å². The summed E-state index contributed by atoms with van der Waals surface area (Å²) in [5.41, 5.74) is 7.85. The van der Waals surface area contributed by atoms with E-state index in [0.29, 0.717) is 12.1 Å². The topological polar surface area (TPSA) is 29.3 Å². The van der Waals surface area contributed by atoms with Gasteiger partial charge in [0.15, 0.2) is 0 Å². The Hall–Kier alpha value is -1.90. The number of likely N-dealkylation sites (N-methyl/N-ethyl adjacent to an activating group) is 1. The minimum atomic E-state index is 0.310. The molecule has 0 radical (unpaired) electrons. The van der Waals surface area contributed by atoms with Gasteiger partial charge in [0.05, 0.1) is 0 Å². The lowest BCUT2D eigenvalue weighted by atomic mass is 9.89. The summed E-state index contributed by atoms with van der Waals surface area (Å²) in [6, 6.07) is 20.6. The zero-order valence-corrected chi connectivity index (χ0v) is 14.4. The van der Waals surface area contributed by atoms with Crippen molar-refractivity contribution in [3.63, 3.8) is 0 Å². The average Bonchev–Trinajstić information content (AvgIpc) is 2.62. The molecule has 1 fully saturated rings. The van der Waals surface area contributed by atoms with Gasteiger partial charge in [-0.3, -0.25) is 4.90 Å². The summed E-state index contributed by atoms with van der Waals surface area (Å²) in [4.78, 5) is 2.48. The fraction of sp³-hybridized carbons (Fsp3) is 0.364. The lowest BCUT2D eigenvalue weighted by molar-refractivity contribution is 0.163. The molecule has 0 unspecified atom stereocenters. The van der Waals surface area contributed by atoms with Crippen LogP contribution >= 0.6 is 0 Å². The second kappa shape index (κ2) is 6.54. The Kier molecular flexibility index (Phi) is 4.26. The lowest BCUT2D eigenvalue weighted by Gasteiger charge is -2.36. The minimum absolute atomic E-state index is 0.310. The maximum atomic E-state index is 6.42. The smallest absolute Gasteiger partial charge is 0.0247 e. The Labute approximate surface area is 144 Å². The van der Waals surface area contributed by atoms with Gasteiger partial charge in [0.2, 0.25) is 0 Å². The quantitative estimate of drug-likeness (QED) is 0.710. The monoisotopic (exact) mass is 318 g/mol. The summed E-state index contributed by atoms with van der Waals surface area (Å²) in [6.45, 7) is 0.959. The van der Waals surface area contributed by atoms with E-state index in [-0.39, 0.29) is 0 Å². The first-order valence-electron chi connectivity index (χ1n) is 9.09. The molecule has 3 aromatic rings. The zero-order valence-electron chi connectivity index (χ0n) is 14.4. The van der Waals surface area contributed by atoms with Crippen LogP contribution in [0.5, 0.6) is 0 Å². The first-order valence-corrected chi connectivity index (χ1v) is 9.09. The van der Waals surface area contributed by atoms with E-state index >= 15 is 0 Å². The van der Waals surface area contributed by atoms with Gasteiger partial charge in [-0.1, -0.05) is 61.4 Å². The first kappa shape index (κ1) is 15.6. The lowest BCUT2D eigenvalue weighted by Crippen LogP contribution is -2.47. The Balaban J connectivity index is 1.78. The second-order valence-corrected chi connectivity index (χ2v) is 7.23. The van der Waals surface area contributed by atoms with Gasteiger partial charge in [0, 0.05) is 18.6 Å². The number of nitrogens with two attached hydrogens (primary N) is 1. The molecular formula is C22H26N2. The molecule has 0 spiro atoms. The van der Waals surface area contributed by atoms with Crippen molar-refractivity contribution in [2.75, 3.05) is 7.05 Å². The summed E-state index contributed by atoms with van der Waals surface area (Å²) in [5, 5.41) is 5.39. The maximum absolute atomic E-state index is 6.42. The molecule has 24 heavy (non-hydrogen) atoms. The molecule has 0 heterocycles. The molecule has 3 aromatic carbocycles. The van der Waals surface area contributed by atoms with Gasteiger partial charge in [0.25, 0.3) is 0 Å². The van der Waals surface area contributed by atoms with E-state index in [1.807, 2.05) is 0 Å². The summed E-state index contributed by atoms with van der Waals surface area (Å²) < 4.78 is 0. The maximum Gasteiger partial charge on any atom is 0.0247 e. The number of nitrogens with zero attached hydrogens (tertiary/aromatic N) is 1. The van der Waals surface area contributed by atoms with Crippen LogP contribution in [-0.2, 0) is 6.54 Å². The third kappa shape index (κ3) is 2.81. The Morgan fingerprint density at radius 3 is 2.12 bits per heavy atom. The van der Waals surface area contributed by atoms with Crippen molar-refractivity contribution in [3.8, 4) is 0 Å². The largest absolute Gasteiger partial charge is 0.326 e. The van der Waals surface area contributed by atoms with Crippen LogP contribution in [0.3, 0.4) is 0 Å². The molecule has 2 nitrogen and oxygen atoms in total. The van der Waals surface area contributed by atoms with Gasteiger partial charge in [-0.15, -0.1) is 0 Å². The highest BCUT2D eigenvalue weighted by Crippen LogP contribution is 2.31. The minimum Gasteiger partial charge on any atom is -0.326 e. The van der Waals surface area contributed by atoms with Crippen molar-refractivity contribution >= 4 is 21.5 Å². The predicted molar refractivity (Wildman–Crippen MR) is 103 cm³/mol. The standard InChI is InChI=1S/C22H26N2/c1-24(22-13-7-6-12-21(22)23)15-20-18-10-4-2-8-16(18)14-17-9-3-5-11-19(17)20/h2-5,8-11,14,21-22H,6-7,12-13,15,23H2,1H3/t21-,22-/m0/s1. The van der Waals surface area contributed by atoms with E-state index in [4.69, 9.17) is 5.73 Å². The normalized spacial score (nSPS) is 21.6. The highest BCUT2D eigenvalue weighted by Gasteiger charge is 2.26. The van der Waals surface area contributed by atoms with Crippen molar-refractivity contribution in [2.45, 2.75) is 44.3 Å². The molecule has 0 aliphatic heterocycles. The Bertz CT molecular complexity index is 801. The molecule has 0 saturated heterocycles. The van der Waals surface area contributed by atoms with Crippen LogP contribution in [-0.4, -0.2) is 24.0 Å². The molecule has 4 rings (SSSR count). The van der Waals surface area contributed by atoms with Crippen LogP contribution in [0.25, 0.3) is 21.5 Å². The number of fused-ring (bicyclic) bond motifs is 2.